The zero-order valence-electron chi connectivity index (χ0n) is 11.6. The van der Waals surface area contributed by atoms with Crippen LogP contribution in [0.5, 0.6) is 0 Å². The highest BCUT2D eigenvalue weighted by molar-refractivity contribution is 8.14. The predicted octanol–water partition coefficient (Wildman–Crippen LogP) is 2.68. The summed E-state index contributed by atoms with van der Waals surface area (Å²) in [6.07, 6.45) is 0.481. The van der Waals surface area contributed by atoms with Gasteiger partial charge in [-0.15, -0.1) is 0 Å². The molecule has 1 heterocycles. The average Bonchev–Trinajstić information content (AvgIpc) is 2.64. The fourth-order valence-corrected chi connectivity index (χ4v) is 3.34. The van der Waals surface area contributed by atoms with E-state index in [0.29, 0.717) is 19.5 Å². The van der Waals surface area contributed by atoms with Crippen molar-refractivity contribution in [3.8, 4) is 0 Å². The van der Waals surface area contributed by atoms with E-state index >= 15 is 0 Å². The number of carbonyl (C=O) groups is 2. The summed E-state index contributed by atoms with van der Waals surface area (Å²) >= 11 is 1.29. The lowest BCUT2D eigenvalue weighted by molar-refractivity contribution is -0.128. The van der Waals surface area contributed by atoms with Crippen LogP contribution in [0.1, 0.15) is 30.0 Å². The highest BCUT2D eigenvalue weighted by atomic mass is 32.2. The van der Waals surface area contributed by atoms with Crippen molar-refractivity contribution in [3.05, 3.63) is 34.9 Å². The van der Waals surface area contributed by atoms with Gasteiger partial charge in [-0.25, -0.2) is 0 Å². The van der Waals surface area contributed by atoms with Crippen molar-refractivity contribution in [2.24, 2.45) is 0 Å². The topological polar surface area (TPSA) is 37.4 Å². The Labute approximate surface area is 118 Å². The molecular weight excluding hydrogens is 258 g/mol. The SMILES string of the molecule is CC(=O)SC1CC(=O)N(Cc2cccc(C)c2C)C1. The van der Waals surface area contributed by atoms with Gasteiger partial charge in [0.25, 0.3) is 0 Å². The molecule has 1 aromatic rings. The number of aryl methyl sites for hydroxylation is 1. The molecule has 102 valence electrons. The van der Waals surface area contributed by atoms with Gasteiger partial charge in [-0.1, -0.05) is 30.0 Å². The second-order valence-electron chi connectivity index (χ2n) is 5.07. The van der Waals surface area contributed by atoms with Crippen LogP contribution in [0.4, 0.5) is 0 Å². The molecule has 0 aliphatic carbocycles. The van der Waals surface area contributed by atoms with Crippen LogP contribution in [0.15, 0.2) is 18.2 Å². The number of rotatable bonds is 3. The van der Waals surface area contributed by atoms with Gasteiger partial charge in [-0.2, -0.15) is 0 Å². The Balaban J connectivity index is 2.05. The predicted molar refractivity (Wildman–Crippen MR) is 78.0 cm³/mol. The van der Waals surface area contributed by atoms with E-state index in [2.05, 4.69) is 26.0 Å². The molecule has 0 N–H and O–H groups in total. The monoisotopic (exact) mass is 277 g/mol. The third-order valence-electron chi connectivity index (χ3n) is 3.59. The van der Waals surface area contributed by atoms with Crippen LogP contribution in [0.25, 0.3) is 0 Å². The fraction of sp³-hybridized carbons (Fsp3) is 0.467. The van der Waals surface area contributed by atoms with Crippen molar-refractivity contribution in [3.63, 3.8) is 0 Å². The van der Waals surface area contributed by atoms with Crippen LogP contribution >= 0.6 is 11.8 Å². The highest BCUT2D eigenvalue weighted by Crippen LogP contribution is 2.26. The minimum Gasteiger partial charge on any atom is -0.337 e. The van der Waals surface area contributed by atoms with Gasteiger partial charge in [0.1, 0.15) is 0 Å². The molecule has 19 heavy (non-hydrogen) atoms. The number of carbonyl (C=O) groups excluding carboxylic acids is 2. The molecule has 2 rings (SSSR count). The number of likely N-dealkylation sites (tertiary alicyclic amines) is 1. The van der Waals surface area contributed by atoms with E-state index in [0.717, 1.165) is 0 Å². The normalized spacial score (nSPS) is 19.0. The second kappa shape index (κ2) is 5.78. The maximum absolute atomic E-state index is 12.0. The van der Waals surface area contributed by atoms with Gasteiger partial charge in [-0.05, 0) is 30.5 Å². The largest absolute Gasteiger partial charge is 0.337 e. The third-order valence-corrected chi connectivity index (χ3v) is 4.57. The van der Waals surface area contributed by atoms with E-state index in [1.807, 2.05) is 11.0 Å². The summed E-state index contributed by atoms with van der Waals surface area (Å²) in [5.74, 6) is 0.152. The number of benzene rings is 1. The Morgan fingerprint density at radius 2 is 2.16 bits per heavy atom. The minimum atomic E-state index is 0.0892. The van der Waals surface area contributed by atoms with Crippen LogP contribution in [0.2, 0.25) is 0 Å². The molecule has 3 nitrogen and oxygen atoms in total. The van der Waals surface area contributed by atoms with Gasteiger partial charge in [0.05, 0.1) is 0 Å². The fourth-order valence-electron chi connectivity index (χ4n) is 2.39. The molecule has 1 unspecified atom stereocenters. The van der Waals surface area contributed by atoms with E-state index in [9.17, 15) is 9.59 Å². The quantitative estimate of drug-likeness (QED) is 0.852. The van der Waals surface area contributed by atoms with Crippen molar-refractivity contribution < 1.29 is 9.59 Å². The molecule has 0 aromatic heterocycles. The molecule has 1 amide bonds. The zero-order valence-corrected chi connectivity index (χ0v) is 12.4. The number of nitrogens with zero attached hydrogens (tertiary/aromatic N) is 1. The maximum atomic E-state index is 12.0. The van der Waals surface area contributed by atoms with E-state index in [1.54, 1.807) is 6.92 Å². The van der Waals surface area contributed by atoms with Gasteiger partial charge >= 0.3 is 0 Å². The van der Waals surface area contributed by atoms with Gasteiger partial charge in [0.15, 0.2) is 5.12 Å². The van der Waals surface area contributed by atoms with Crippen molar-refractivity contribution in [1.29, 1.82) is 0 Å². The first-order valence-corrected chi connectivity index (χ1v) is 7.35. The average molecular weight is 277 g/mol. The maximum Gasteiger partial charge on any atom is 0.224 e. The first-order chi connectivity index (χ1) is 8.97. The Bertz CT molecular complexity index is 513. The molecule has 1 aliphatic rings. The van der Waals surface area contributed by atoms with Crippen molar-refractivity contribution >= 4 is 22.8 Å². The lowest BCUT2D eigenvalue weighted by atomic mass is 10.0. The lowest BCUT2D eigenvalue weighted by Gasteiger charge is -2.18. The van der Waals surface area contributed by atoms with E-state index in [4.69, 9.17) is 0 Å². The standard InChI is InChI=1S/C15H19NO2S/c1-10-5-4-6-13(11(10)2)8-16-9-14(7-15(16)18)19-12(3)17/h4-6,14H,7-9H2,1-3H3. The molecule has 1 aliphatic heterocycles. The third kappa shape index (κ3) is 3.38. The summed E-state index contributed by atoms with van der Waals surface area (Å²) in [5, 5.41) is 0.210. The molecule has 1 atom stereocenters. The Morgan fingerprint density at radius 3 is 2.84 bits per heavy atom. The molecule has 0 radical (unpaired) electrons. The van der Waals surface area contributed by atoms with Crippen molar-refractivity contribution in [2.75, 3.05) is 6.54 Å². The van der Waals surface area contributed by atoms with Crippen LogP contribution in [0.3, 0.4) is 0 Å². The summed E-state index contributed by atoms with van der Waals surface area (Å²) in [6.45, 7) is 7.06. The lowest BCUT2D eigenvalue weighted by Crippen LogP contribution is -2.25. The highest BCUT2D eigenvalue weighted by Gasteiger charge is 2.30. The second-order valence-corrected chi connectivity index (χ2v) is 6.55. The van der Waals surface area contributed by atoms with Gasteiger partial charge in [-0.3, -0.25) is 9.59 Å². The number of hydrogen-bond donors (Lipinski definition) is 0. The first-order valence-electron chi connectivity index (χ1n) is 6.47. The summed E-state index contributed by atoms with van der Waals surface area (Å²) in [4.78, 5) is 24.9. The van der Waals surface area contributed by atoms with E-state index < -0.39 is 0 Å². The van der Waals surface area contributed by atoms with Crippen LogP contribution in [-0.4, -0.2) is 27.7 Å². The van der Waals surface area contributed by atoms with Crippen LogP contribution in [0, 0.1) is 13.8 Å². The molecule has 0 spiro atoms. The molecule has 4 heteroatoms. The van der Waals surface area contributed by atoms with Gasteiger partial charge < -0.3 is 4.90 Å². The summed E-state index contributed by atoms with van der Waals surface area (Å²) < 4.78 is 0. The van der Waals surface area contributed by atoms with Crippen molar-refractivity contribution in [1.82, 2.24) is 4.90 Å². The van der Waals surface area contributed by atoms with E-state index in [-0.39, 0.29) is 16.3 Å². The summed E-state index contributed by atoms with van der Waals surface area (Å²) in [6, 6.07) is 6.18. The van der Waals surface area contributed by atoms with Gasteiger partial charge in [0.2, 0.25) is 5.91 Å². The van der Waals surface area contributed by atoms with Crippen molar-refractivity contribution in [2.45, 2.75) is 39.0 Å². The molecule has 0 saturated carbocycles. The minimum absolute atomic E-state index is 0.0892. The van der Waals surface area contributed by atoms with Gasteiger partial charge in [0, 0.05) is 31.7 Å². The Morgan fingerprint density at radius 1 is 1.42 bits per heavy atom. The van der Waals surface area contributed by atoms with E-state index in [1.165, 1.54) is 28.5 Å². The number of hydrogen-bond acceptors (Lipinski definition) is 3. The van der Waals surface area contributed by atoms with Crippen LogP contribution < -0.4 is 0 Å². The smallest absolute Gasteiger partial charge is 0.224 e. The molecular formula is C15H19NO2S. The zero-order chi connectivity index (χ0) is 14.0. The van der Waals surface area contributed by atoms with Crippen LogP contribution in [-0.2, 0) is 16.1 Å². The summed E-state index contributed by atoms with van der Waals surface area (Å²) in [5.41, 5.74) is 3.69. The summed E-state index contributed by atoms with van der Waals surface area (Å²) in [7, 11) is 0. The first kappa shape index (κ1) is 14.1. The molecule has 1 fully saturated rings. The Hall–Kier alpha value is -1.29. The molecule has 0 bridgehead atoms. The molecule has 1 aromatic carbocycles. The Kier molecular flexibility index (Phi) is 4.30. The number of amides is 1. The number of thioether (sulfide) groups is 1. The molecule has 1 saturated heterocycles.